The molecule has 2 aromatic rings. The molecule has 2 aliphatic rings. The Bertz CT molecular complexity index is 826. The maximum Gasteiger partial charge on any atom is 0.231 e. The Kier molecular flexibility index (Phi) is 5.42. The summed E-state index contributed by atoms with van der Waals surface area (Å²) in [6.07, 6.45) is 2.13. The lowest BCUT2D eigenvalue weighted by Gasteiger charge is -2.27. The number of aliphatic hydroxyl groups is 1. The molecule has 0 aliphatic carbocycles. The molecule has 5 nitrogen and oxygen atoms in total. The highest BCUT2D eigenvalue weighted by molar-refractivity contribution is 5.51. The number of nitrogens with zero attached hydrogens (tertiary/aromatic N) is 1. The molecule has 6 heteroatoms. The first kappa shape index (κ1) is 19.0. The third kappa shape index (κ3) is 3.93. The summed E-state index contributed by atoms with van der Waals surface area (Å²) < 4.78 is 30.0. The average Bonchev–Trinajstić information content (AvgIpc) is 3.05. The Labute approximate surface area is 164 Å². The van der Waals surface area contributed by atoms with Gasteiger partial charge in [-0.25, -0.2) is 4.39 Å². The van der Waals surface area contributed by atoms with Crippen LogP contribution < -0.4 is 14.2 Å². The van der Waals surface area contributed by atoms with Gasteiger partial charge in [-0.1, -0.05) is 12.1 Å². The molecule has 0 radical (unpaired) electrons. The lowest BCUT2D eigenvalue weighted by molar-refractivity contribution is 0.0209. The van der Waals surface area contributed by atoms with Gasteiger partial charge in [0.2, 0.25) is 6.79 Å². The van der Waals surface area contributed by atoms with Crippen molar-refractivity contribution >= 4 is 0 Å². The summed E-state index contributed by atoms with van der Waals surface area (Å²) in [4.78, 5) is 2.32. The van der Waals surface area contributed by atoms with E-state index in [4.69, 9.17) is 14.2 Å². The van der Waals surface area contributed by atoms with Crippen molar-refractivity contribution in [2.75, 3.05) is 26.5 Å². The van der Waals surface area contributed by atoms with Gasteiger partial charge in [-0.15, -0.1) is 0 Å². The monoisotopic (exact) mass is 387 g/mol. The van der Waals surface area contributed by atoms with Gasteiger partial charge in [0.05, 0.1) is 12.2 Å². The van der Waals surface area contributed by atoms with Crippen LogP contribution in [0.5, 0.6) is 17.2 Å². The number of likely N-dealkylation sites (tertiary alicyclic amines) is 1. The van der Waals surface area contributed by atoms with Crippen LogP contribution in [-0.4, -0.2) is 36.5 Å². The van der Waals surface area contributed by atoms with E-state index >= 15 is 0 Å². The second-order valence-electron chi connectivity index (χ2n) is 7.41. The Morgan fingerprint density at radius 3 is 2.61 bits per heavy atom. The van der Waals surface area contributed by atoms with Gasteiger partial charge in [0.25, 0.3) is 0 Å². The van der Waals surface area contributed by atoms with E-state index < -0.39 is 5.60 Å². The zero-order valence-electron chi connectivity index (χ0n) is 16.1. The Balaban J connectivity index is 1.49. The number of halogens is 1. The van der Waals surface area contributed by atoms with Crippen LogP contribution >= 0.6 is 0 Å². The van der Waals surface area contributed by atoms with Crippen LogP contribution in [0.2, 0.25) is 0 Å². The van der Waals surface area contributed by atoms with Crippen molar-refractivity contribution in [1.82, 2.24) is 4.90 Å². The minimum Gasteiger partial charge on any atom is -0.493 e. The zero-order chi connectivity index (χ0) is 19.6. The molecule has 1 fully saturated rings. The third-order valence-corrected chi connectivity index (χ3v) is 5.54. The molecule has 4 rings (SSSR count). The largest absolute Gasteiger partial charge is 0.493 e. The Morgan fingerprint density at radius 2 is 1.86 bits per heavy atom. The highest BCUT2D eigenvalue weighted by Crippen LogP contribution is 2.39. The summed E-state index contributed by atoms with van der Waals surface area (Å²) in [5, 5.41) is 11.2. The van der Waals surface area contributed by atoms with Crippen LogP contribution in [0.1, 0.15) is 37.3 Å². The van der Waals surface area contributed by atoms with Crippen molar-refractivity contribution < 1.29 is 23.7 Å². The first-order chi connectivity index (χ1) is 13.6. The summed E-state index contributed by atoms with van der Waals surface area (Å²) in [6, 6.07) is 10.1. The van der Waals surface area contributed by atoms with Crippen molar-refractivity contribution in [1.29, 1.82) is 0 Å². The molecule has 2 aliphatic heterocycles. The van der Waals surface area contributed by atoms with Crippen LogP contribution in [0.3, 0.4) is 0 Å². The average molecular weight is 387 g/mol. The predicted molar refractivity (Wildman–Crippen MR) is 103 cm³/mol. The quantitative estimate of drug-likeness (QED) is 0.845. The molecule has 0 spiro atoms. The highest BCUT2D eigenvalue weighted by atomic mass is 19.1. The maximum atomic E-state index is 13.2. The molecule has 0 saturated carbocycles. The van der Waals surface area contributed by atoms with E-state index in [-0.39, 0.29) is 12.6 Å². The molecule has 2 aromatic carbocycles. The minimum absolute atomic E-state index is 0.235. The molecule has 0 amide bonds. The van der Waals surface area contributed by atoms with E-state index in [1.54, 1.807) is 12.1 Å². The van der Waals surface area contributed by atoms with Gasteiger partial charge in [0.1, 0.15) is 11.6 Å². The molecule has 1 N–H and O–H groups in total. The SMILES string of the molecule is CCOc1cc2c(cc1CN1CCCC(O)(c3ccc(F)cc3)CC1)OCO2. The van der Waals surface area contributed by atoms with E-state index in [9.17, 15) is 9.50 Å². The summed E-state index contributed by atoms with van der Waals surface area (Å²) in [5.74, 6) is 1.99. The van der Waals surface area contributed by atoms with Gasteiger partial charge in [0, 0.05) is 24.7 Å². The Morgan fingerprint density at radius 1 is 1.11 bits per heavy atom. The second kappa shape index (κ2) is 7.97. The van der Waals surface area contributed by atoms with Crippen molar-refractivity contribution in [3.8, 4) is 17.2 Å². The first-order valence-electron chi connectivity index (χ1n) is 9.83. The summed E-state index contributed by atoms with van der Waals surface area (Å²) in [6.45, 7) is 5.11. The van der Waals surface area contributed by atoms with E-state index in [1.165, 1.54) is 12.1 Å². The first-order valence-corrected chi connectivity index (χ1v) is 9.83. The Hall–Kier alpha value is -2.31. The van der Waals surface area contributed by atoms with Crippen LogP contribution in [-0.2, 0) is 12.1 Å². The van der Waals surface area contributed by atoms with Gasteiger partial charge >= 0.3 is 0 Å². The fourth-order valence-electron chi connectivity index (χ4n) is 4.00. The predicted octanol–water partition coefficient (Wildman–Crippen LogP) is 3.83. The van der Waals surface area contributed by atoms with E-state index in [0.717, 1.165) is 42.1 Å². The maximum absolute atomic E-state index is 13.2. The molecule has 0 aromatic heterocycles. The molecular formula is C22H26FNO4. The van der Waals surface area contributed by atoms with Crippen LogP contribution in [0, 0.1) is 5.82 Å². The molecule has 1 unspecified atom stereocenters. The molecule has 0 bridgehead atoms. The molecule has 28 heavy (non-hydrogen) atoms. The van der Waals surface area contributed by atoms with Gasteiger partial charge in [0.15, 0.2) is 11.5 Å². The topological polar surface area (TPSA) is 51.2 Å². The van der Waals surface area contributed by atoms with Crippen LogP contribution in [0.25, 0.3) is 0 Å². The summed E-state index contributed by atoms with van der Waals surface area (Å²) in [7, 11) is 0. The van der Waals surface area contributed by atoms with Crippen LogP contribution in [0.15, 0.2) is 36.4 Å². The molecule has 150 valence electrons. The highest BCUT2D eigenvalue weighted by Gasteiger charge is 2.32. The normalized spacial score (nSPS) is 22.1. The van der Waals surface area contributed by atoms with Gasteiger partial charge in [-0.3, -0.25) is 4.90 Å². The fraction of sp³-hybridized carbons (Fsp3) is 0.455. The van der Waals surface area contributed by atoms with Gasteiger partial charge < -0.3 is 19.3 Å². The minimum atomic E-state index is -0.917. The van der Waals surface area contributed by atoms with Crippen molar-refractivity contribution in [2.45, 2.75) is 38.3 Å². The number of fused-ring (bicyclic) bond motifs is 1. The lowest BCUT2D eigenvalue weighted by atomic mass is 9.87. The van der Waals surface area contributed by atoms with Crippen LogP contribution in [0.4, 0.5) is 4.39 Å². The van der Waals surface area contributed by atoms with Crippen molar-refractivity contribution in [3.63, 3.8) is 0 Å². The lowest BCUT2D eigenvalue weighted by Crippen LogP contribution is -2.29. The standard InChI is InChI=1S/C22H26FNO4/c1-2-26-19-13-21-20(27-15-28-21)12-16(19)14-24-10-3-8-22(25,9-11-24)17-4-6-18(23)7-5-17/h4-7,12-13,25H,2-3,8-11,14-15H2,1H3. The van der Waals surface area contributed by atoms with E-state index in [1.807, 2.05) is 19.1 Å². The molecule has 2 heterocycles. The van der Waals surface area contributed by atoms with Crippen molar-refractivity contribution in [2.24, 2.45) is 0 Å². The zero-order valence-corrected chi connectivity index (χ0v) is 16.1. The molecule has 1 saturated heterocycles. The van der Waals surface area contributed by atoms with Crippen molar-refractivity contribution in [3.05, 3.63) is 53.3 Å². The van der Waals surface area contributed by atoms with Gasteiger partial charge in [-0.05, 0) is 56.5 Å². The van der Waals surface area contributed by atoms with Gasteiger partial charge in [-0.2, -0.15) is 0 Å². The number of rotatable bonds is 5. The summed E-state index contributed by atoms with van der Waals surface area (Å²) in [5.41, 5.74) is 0.923. The summed E-state index contributed by atoms with van der Waals surface area (Å²) >= 11 is 0. The molecular weight excluding hydrogens is 361 g/mol. The fourth-order valence-corrected chi connectivity index (χ4v) is 4.00. The third-order valence-electron chi connectivity index (χ3n) is 5.54. The number of hydrogen-bond donors (Lipinski definition) is 1. The second-order valence-corrected chi connectivity index (χ2v) is 7.41. The number of hydrogen-bond acceptors (Lipinski definition) is 5. The number of benzene rings is 2. The van der Waals surface area contributed by atoms with E-state index in [0.29, 0.717) is 31.7 Å². The number of ether oxygens (including phenoxy) is 3. The smallest absolute Gasteiger partial charge is 0.231 e. The van der Waals surface area contributed by atoms with E-state index in [2.05, 4.69) is 4.90 Å². The molecule has 1 atom stereocenters.